The van der Waals surface area contributed by atoms with Crippen molar-refractivity contribution in [3.05, 3.63) is 106 Å². The molecule has 0 saturated heterocycles. The number of aryl methyl sites for hydroxylation is 1. The minimum Gasteiger partial charge on any atom is -0.324 e. The van der Waals surface area contributed by atoms with Crippen LogP contribution in [0.15, 0.2) is 83.8 Å². The first-order valence-corrected chi connectivity index (χ1v) is 12.2. The first-order chi connectivity index (χ1) is 16.3. The molecule has 1 aliphatic rings. The van der Waals surface area contributed by atoms with E-state index in [1.54, 1.807) is 24.3 Å². The summed E-state index contributed by atoms with van der Waals surface area (Å²) in [4.78, 5) is 4.41. The van der Waals surface area contributed by atoms with Gasteiger partial charge in [-0.1, -0.05) is 65.7 Å². The van der Waals surface area contributed by atoms with Crippen molar-refractivity contribution in [2.75, 3.05) is 10.0 Å². The molecule has 5 rings (SSSR count). The number of sulfonamides is 1. The van der Waals surface area contributed by atoms with Crippen molar-refractivity contribution in [3.63, 3.8) is 0 Å². The van der Waals surface area contributed by atoms with E-state index in [2.05, 4.69) is 20.1 Å². The molecule has 0 radical (unpaired) electrons. The van der Waals surface area contributed by atoms with E-state index < -0.39 is 21.9 Å². The zero-order valence-corrected chi connectivity index (χ0v) is 19.5. The first-order valence-electron chi connectivity index (χ1n) is 10.4. The van der Waals surface area contributed by atoms with Gasteiger partial charge < -0.3 is 5.32 Å². The molecule has 3 aromatic carbocycles. The number of aromatic nitrogens is 3. The Morgan fingerprint density at radius 3 is 2.47 bits per heavy atom. The molecular weight excluding hydrogens is 477 g/mol. The fourth-order valence-corrected chi connectivity index (χ4v) is 4.93. The lowest BCUT2D eigenvalue weighted by molar-refractivity contribution is 0.552. The number of allylic oxidation sites excluding steroid dienone is 1. The summed E-state index contributed by atoms with van der Waals surface area (Å²) in [5, 5.41) is 7.71. The maximum absolute atomic E-state index is 14.9. The second-order valence-corrected chi connectivity index (χ2v) is 9.86. The van der Waals surface area contributed by atoms with Gasteiger partial charge in [0.25, 0.3) is 16.0 Å². The van der Waals surface area contributed by atoms with Crippen molar-refractivity contribution in [1.82, 2.24) is 14.8 Å². The van der Waals surface area contributed by atoms with Crippen LogP contribution in [-0.4, -0.2) is 23.2 Å². The van der Waals surface area contributed by atoms with E-state index in [0.717, 1.165) is 11.1 Å². The van der Waals surface area contributed by atoms with Crippen LogP contribution in [-0.2, 0) is 10.0 Å². The van der Waals surface area contributed by atoms with Crippen molar-refractivity contribution >= 4 is 39.2 Å². The Balaban J connectivity index is 1.58. The Kier molecular flexibility index (Phi) is 5.59. The van der Waals surface area contributed by atoms with Crippen LogP contribution in [0.3, 0.4) is 0 Å². The molecule has 10 heteroatoms. The molecule has 7 nitrogen and oxygen atoms in total. The molecule has 34 heavy (non-hydrogen) atoms. The molecule has 0 aliphatic carbocycles. The summed E-state index contributed by atoms with van der Waals surface area (Å²) in [6, 6.07) is 19.5. The van der Waals surface area contributed by atoms with Crippen molar-refractivity contribution in [2.45, 2.75) is 17.9 Å². The van der Waals surface area contributed by atoms with Crippen LogP contribution < -0.4 is 10.0 Å². The van der Waals surface area contributed by atoms with Gasteiger partial charge in [0.1, 0.15) is 11.9 Å². The highest BCUT2D eigenvalue weighted by Gasteiger charge is 2.30. The number of halogens is 2. The second-order valence-electron chi connectivity index (χ2n) is 7.77. The zero-order valence-electron chi connectivity index (χ0n) is 17.9. The fraction of sp³-hybridized carbons (Fsp3) is 0.0833. The molecule has 4 aromatic rings. The average Bonchev–Trinajstić information content (AvgIpc) is 3.21. The van der Waals surface area contributed by atoms with Crippen LogP contribution in [0.2, 0.25) is 5.02 Å². The Labute approximate surface area is 201 Å². The van der Waals surface area contributed by atoms with Crippen LogP contribution in [0, 0.1) is 12.7 Å². The Hall–Kier alpha value is -3.69. The molecule has 1 atom stereocenters. The lowest BCUT2D eigenvalue weighted by atomic mass is 10.0. The Morgan fingerprint density at radius 1 is 1.03 bits per heavy atom. The second kappa shape index (κ2) is 8.58. The third kappa shape index (κ3) is 4.15. The number of nitrogens with one attached hydrogen (secondary N) is 2. The summed E-state index contributed by atoms with van der Waals surface area (Å²) in [5.74, 6) is -0.415. The molecule has 1 aliphatic heterocycles. The maximum Gasteiger partial charge on any atom is 0.264 e. The lowest BCUT2D eigenvalue weighted by Gasteiger charge is -2.25. The summed E-state index contributed by atoms with van der Waals surface area (Å²) in [5.41, 5.74) is 2.65. The van der Waals surface area contributed by atoms with Crippen LogP contribution in [0.25, 0.3) is 5.70 Å². The number of benzene rings is 3. The monoisotopic (exact) mass is 495 g/mol. The topological polar surface area (TPSA) is 88.9 Å². The van der Waals surface area contributed by atoms with Gasteiger partial charge in [-0.15, -0.1) is 5.10 Å². The minimum atomic E-state index is -3.93. The average molecular weight is 496 g/mol. The van der Waals surface area contributed by atoms with Crippen LogP contribution in [0.5, 0.6) is 0 Å². The Bertz CT molecular complexity index is 1480. The third-order valence-corrected chi connectivity index (χ3v) is 7.08. The fourth-order valence-electron chi connectivity index (χ4n) is 3.72. The van der Waals surface area contributed by atoms with Crippen LogP contribution in [0.4, 0.5) is 16.3 Å². The molecule has 2 heterocycles. The van der Waals surface area contributed by atoms with Crippen molar-refractivity contribution in [2.24, 2.45) is 0 Å². The van der Waals surface area contributed by atoms with E-state index in [9.17, 15) is 12.8 Å². The SMILES string of the molecule is Cc1ccc(S(=O)(=O)Nc2nc3n(n2)[C@H](c2c(F)cccc2Cl)C=C(c2ccccc2)N3)cc1. The lowest BCUT2D eigenvalue weighted by Crippen LogP contribution is -2.21. The third-order valence-electron chi connectivity index (χ3n) is 5.40. The number of hydrogen-bond donors (Lipinski definition) is 2. The highest BCUT2D eigenvalue weighted by atomic mass is 35.5. The van der Waals surface area contributed by atoms with E-state index in [4.69, 9.17) is 11.6 Å². The van der Waals surface area contributed by atoms with E-state index in [1.807, 2.05) is 37.3 Å². The molecule has 0 unspecified atom stereocenters. The summed E-state index contributed by atoms with van der Waals surface area (Å²) in [7, 11) is -3.93. The van der Waals surface area contributed by atoms with Crippen molar-refractivity contribution < 1.29 is 12.8 Å². The van der Waals surface area contributed by atoms with Gasteiger partial charge in [0, 0.05) is 16.3 Å². The van der Waals surface area contributed by atoms with Crippen LogP contribution in [0.1, 0.15) is 22.7 Å². The number of rotatable bonds is 5. The van der Waals surface area contributed by atoms with Gasteiger partial charge in [0.15, 0.2) is 0 Å². The van der Waals surface area contributed by atoms with Crippen LogP contribution >= 0.6 is 11.6 Å². The van der Waals surface area contributed by atoms with E-state index in [0.29, 0.717) is 5.70 Å². The molecule has 0 spiro atoms. The van der Waals surface area contributed by atoms with Gasteiger partial charge in [-0.2, -0.15) is 4.98 Å². The van der Waals surface area contributed by atoms with Gasteiger partial charge in [0.05, 0.1) is 4.90 Å². The normalized spacial score (nSPS) is 15.3. The maximum atomic E-state index is 14.9. The molecule has 2 N–H and O–H groups in total. The molecule has 0 amide bonds. The molecule has 1 aromatic heterocycles. The number of nitrogens with zero attached hydrogens (tertiary/aromatic N) is 3. The van der Waals surface area contributed by atoms with Gasteiger partial charge in [-0.3, -0.25) is 0 Å². The van der Waals surface area contributed by atoms with Gasteiger partial charge in [-0.25, -0.2) is 22.2 Å². The highest BCUT2D eigenvalue weighted by molar-refractivity contribution is 7.92. The smallest absolute Gasteiger partial charge is 0.264 e. The number of anilines is 2. The summed E-state index contributed by atoms with van der Waals surface area (Å²) in [6.45, 7) is 1.87. The molecule has 0 saturated carbocycles. The zero-order chi connectivity index (χ0) is 23.9. The van der Waals surface area contributed by atoms with E-state index in [-0.39, 0.29) is 27.4 Å². The van der Waals surface area contributed by atoms with Crippen molar-refractivity contribution in [1.29, 1.82) is 0 Å². The Morgan fingerprint density at radius 2 is 1.76 bits per heavy atom. The predicted molar refractivity (Wildman–Crippen MR) is 130 cm³/mol. The van der Waals surface area contributed by atoms with Gasteiger partial charge in [0.2, 0.25) is 5.95 Å². The summed E-state index contributed by atoms with van der Waals surface area (Å²) < 4.78 is 44.4. The number of hydrogen-bond acceptors (Lipinski definition) is 5. The quantitative estimate of drug-likeness (QED) is 0.395. The largest absolute Gasteiger partial charge is 0.324 e. The molecule has 0 bridgehead atoms. The van der Waals surface area contributed by atoms with Crippen molar-refractivity contribution in [3.8, 4) is 0 Å². The highest BCUT2D eigenvalue weighted by Crippen LogP contribution is 2.37. The minimum absolute atomic E-state index is 0.0793. The predicted octanol–water partition coefficient (Wildman–Crippen LogP) is 5.24. The molecular formula is C24H19ClFN5O2S. The molecule has 172 valence electrons. The van der Waals surface area contributed by atoms with E-state index >= 15 is 0 Å². The number of fused-ring (bicyclic) bond motifs is 1. The first kappa shape index (κ1) is 22.1. The molecule has 0 fully saturated rings. The van der Waals surface area contributed by atoms with E-state index in [1.165, 1.54) is 28.9 Å². The summed E-state index contributed by atoms with van der Waals surface area (Å²) >= 11 is 6.37. The summed E-state index contributed by atoms with van der Waals surface area (Å²) in [6.07, 6.45) is 1.78. The van der Waals surface area contributed by atoms with Gasteiger partial charge in [-0.05, 0) is 42.8 Å². The van der Waals surface area contributed by atoms with Gasteiger partial charge >= 0.3 is 0 Å². The standard InChI is InChI=1S/C24H19ClFN5O2S/c1-15-10-12-17(13-11-15)34(32,33)30-23-28-24-27-20(16-6-3-2-4-7-16)14-21(31(24)29-23)22-18(25)8-5-9-19(22)26/h2-14,21H,1H3,(H2,27,28,29,30)/t21-/m0/s1.